The second-order valence-electron chi connectivity index (χ2n) is 7.47. The van der Waals surface area contributed by atoms with Crippen LogP contribution in [0, 0.1) is 17.2 Å². The molecule has 1 aromatic carbocycles. The molecule has 0 aliphatic carbocycles. The van der Waals surface area contributed by atoms with E-state index < -0.39 is 0 Å². The molecule has 0 unspecified atom stereocenters. The number of likely N-dealkylation sites (tertiary alicyclic amines) is 1. The van der Waals surface area contributed by atoms with Crippen LogP contribution in [0.2, 0.25) is 5.02 Å². The lowest BCUT2D eigenvalue weighted by molar-refractivity contribution is -0.126. The van der Waals surface area contributed by atoms with E-state index in [0.29, 0.717) is 42.5 Å². The van der Waals surface area contributed by atoms with E-state index in [-0.39, 0.29) is 30.4 Å². The van der Waals surface area contributed by atoms with Crippen LogP contribution in [0.1, 0.15) is 38.7 Å². The summed E-state index contributed by atoms with van der Waals surface area (Å²) >= 11 is 5.99. The summed E-state index contributed by atoms with van der Waals surface area (Å²) in [7, 11) is 0. The second kappa shape index (κ2) is 11.8. The van der Waals surface area contributed by atoms with Crippen molar-refractivity contribution in [3.05, 3.63) is 28.8 Å². The predicted molar refractivity (Wildman–Crippen MR) is 113 cm³/mol. The number of nitrogens with zero attached hydrogens (tertiary/aromatic N) is 2. The average Bonchev–Trinajstić information content (AvgIpc) is 2.68. The Balaban J connectivity index is 1.67. The summed E-state index contributed by atoms with van der Waals surface area (Å²) in [5.41, 5.74) is 0.937. The molecule has 2 rings (SSSR count). The molecule has 29 heavy (non-hydrogen) atoms. The number of nitrogens with one attached hydrogen (secondary N) is 2. The van der Waals surface area contributed by atoms with Gasteiger partial charge >= 0.3 is 0 Å². The Labute approximate surface area is 177 Å². The first kappa shape index (κ1) is 23.1. The number of halogens is 1. The van der Waals surface area contributed by atoms with Gasteiger partial charge in [0.25, 0.3) is 0 Å². The van der Waals surface area contributed by atoms with E-state index >= 15 is 0 Å². The molecular weight excluding hydrogens is 392 g/mol. The van der Waals surface area contributed by atoms with E-state index in [0.717, 1.165) is 19.3 Å². The molecule has 0 atom stereocenters. The molecule has 0 saturated carbocycles. The number of carbonyl (C=O) groups is 2. The highest BCUT2D eigenvalue weighted by molar-refractivity contribution is 6.32. The maximum atomic E-state index is 12.3. The Bertz CT molecular complexity index is 740. The van der Waals surface area contributed by atoms with Crippen LogP contribution in [-0.2, 0) is 14.3 Å². The van der Waals surface area contributed by atoms with E-state index in [1.807, 2.05) is 24.8 Å². The number of carbonyl (C=O) groups excluding carboxylic acids is 2. The number of piperidine rings is 1. The molecule has 1 fully saturated rings. The minimum atomic E-state index is -0.140. The van der Waals surface area contributed by atoms with E-state index in [1.165, 1.54) is 0 Å². The van der Waals surface area contributed by atoms with Gasteiger partial charge in [-0.2, -0.15) is 5.26 Å². The van der Waals surface area contributed by atoms with Gasteiger partial charge in [-0.3, -0.25) is 14.5 Å². The Morgan fingerprint density at radius 1 is 1.34 bits per heavy atom. The molecule has 158 valence electrons. The summed E-state index contributed by atoms with van der Waals surface area (Å²) in [6, 6.07) is 6.79. The van der Waals surface area contributed by atoms with Crippen molar-refractivity contribution >= 4 is 29.1 Å². The fourth-order valence-electron chi connectivity index (χ4n) is 3.19. The Kier molecular flexibility index (Phi) is 9.39. The lowest BCUT2D eigenvalue weighted by Crippen LogP contribution is -2.43. The van der Waals surface area contributed by atoms with Gasteiger partial charge in [-0.1, -0.05) is 11.6 Å². The highest BCUT2D eigenvalue weighted by Crippen LogP contribution is 2.21. The number of rotatable bonds is 9. The summed E-state index contributed by atoms with van der Waals surface area (Å²) in [6.45, 7) is 6.93. The van der Waals surface area contributed by atoms with Crippen LogP contribution >= 0.6 is 11.6 Å². The molecule has 0 aromatic heterocycles. The first-order valence-electron chi connectivity index (χ1n) is 10.00. The van der Waals surface area contributed by atoms with Gasteiger partial charge in [-0.15, -0.1) is 0 Å². The number of amides is 2. The molecule has 0 radical (unpaired) electrons. The van der Waals surface area contributed by atoms with Crippen molar-refractivity contribution in [3.8, 4) is 6.07 Å². The van der Waals surface area contributed by atoms with E-state index in [4.69, 9.17) is 21.6 Å². The van der Waals surface area contributed by atoms with Crippen LogP contribution in [0.15, 0.2) is 18.2 Å². The number of hydrogen-bond donors (Lipinski definition) is 2. The van der Waals surface area contributed by atoms with Crippen molar-refractivity contribution < 1.29 is 14.3 Å². The van der Waals surface area contributed by atoms with Gasteiger partial charge in [-0.25, -0.2) is 0 Å². The zero-order chi connectivity index (χ0) is 21.2. The first-order valence-corrected chi connectivity index (χ1v) is 10.4. The van der Waals surface area contributed by atoms with Crippen molar-refractivity contribution in [2.75, 3.05) is 38.1 Å². The third-order valence-corrected chi connectivity index (χ3v) is 5.08. The van der Waals surface area contributed by atoms with E-state index in [9.17, 15) is 9.59 Å². The van der Waals surface area contributed by atoms with Crippen LogP contribution < -0.4 is 10.6 Å². The summed E-state index contributed by atoms with van der Waals surface area (Å²) in [5, 5.41) is 15.0. The monoisotopic (exact) mass is 420 g/mol. The minimum Gasteiger partial charge on any atom is -0.379 e. The van der Waals surface area contributed by atoms with Crippen molar-refractivity contribution in [1.82, 2.24) is 10.2 Å². The SMILES string of the molecule is CC(C)OCCCNC(=O)C1CCN(CC(=O)Nc2ccc(C#N)c(Cl)c2)CC1. The Morgan fingerprint density at radius 3 is 2.69 bits per heavy atom. The number of hydrogen-bond acceptors (Lipinski definition) is 5. The lowest BCUT2D eigenvalue weighted by Gasteiger charge is -2.30. The number of nitriles is 1. The van der Waals surface area contributed by atoms with Crippen molar-refractivity contribution in [3.63, 3.8) is 0 Å². The molecule has 1 heterocycles. The summed E-state index contributed by atoms with van der Waals surface area (Å²) in [6.07, 6.45) is 2.50. The zero-order valence-corrected chi connectivity index (χ0v) is 17.8. The normalized spacial score (nSPS) is 15.1. The van der Waals surface area contributed by atoms with Gasteiger partial charge in [0.15, 0.2) is 0 Å². The molecule has 8 heteroatoms. The van der Waals surface area contributed by atoms with Crippen LogP contribution in [0.4, 0.5) is 5.69 Å². The third-order valence-electron chi connectivity index (χ3n) is 4.77. The fourth-order valence-corrected chi connectivity index (χ4v) is 3.41. The van der Waals surface area contributed by atoms with Gasteiger partial charge in [0.2, 0.25) is 11.8 Å². The highest BCUT2D eigenvalue weighted by atomic mass is 35.5. The van der Waals surface area contributed by atoms with E-state index in [2.05, 4.69) is 10.6 Å². The zero-order valence-electron chi connectivity index (χ0n) is 17.0. The second-order valence-corrected chi connectivity index (χ2v) is 7.88. The average molecular weight is 421 g/mol. The molecule has 2 amide bonds. The molecule has 1 aromatic rings. The first-order chi connectivity index (χ1) is 13.9. The molecular formula is C21H29ClN4O3. The van der Waals surface area contributed by atoms with Crippen molar-refractivity contribution in [2.24, 2.45) is 5.92 Å². The standard InChI is InChI=1S/C21H29ClN4O3/c1-15(2)29-11-3-8-24-21(28)16-6-9-26(10-7-16)14-20(27)25-18-5-4-17(13-23)19(22)12-18/h4-5,12,15-16H,3,6-11,14H2,1-2H3,(H,24,28)(H,25,27). The molecule has 0 bridgehead atoms. The molecule has 1 saturated heterocycles. The largest absolute Gasteiger partial charge is 0.379 e. The van der Waals surface area contributed by atoms with Gasteiger partial charge < -0.3 is 15.4 Å². The van der Waals surface area contributed by atoms with Gasteiger partial charge in [0.05, 0.1) is 23.2 Å². The number of benzene rings is 1. The minimum absolute atomic E-state index is 0.00217. The maximum absolute atomic E-state index is 12.3. The van der Waals surface area contributed by atoms with Gasteiger partial charge in [0.1, 0.15) is 6.07 Å². The van der Waals surface area contributed by atoms with Gasteiger partial charge in [0, 0.05) is 24.8 Å². The topological polar surface area (TPSA) is 94.5 Å². The summed E-state index contributed by atoms with van der Waals surface area (Å²) in [5.74, 6) is -0.0534. The lowest BCUT2D eigenvalue weighted by atomic mass is 9.96. The van der Waals surface area contributed by atoms with Gasteiger partial charge in [-0.05, 0) is 64.4 Å². The molecule has 1 aliphatic heterocycles. The molecule has 7 nitrogen and oxygen atoms in total. The van der Waals surface area contributed by atoms with E-state index in [1.54, 1.807) is 18.2 Å². The number of anilines is 1. The third kappa shape index (κ3) is 8.01. The Morgan fingerprint density at radius 2 is 2.07 bits per heavy atom. The smallest absolute Gasteiger partial charge is 0.238 e. The summed E-state index contributed by atoms with van der Waals surface area (Å²) in [4.78, 5) is 26.6. The van der Waals surface area contributed by atoms with Crippen LogP contribution in [0.5, 0.6) is 0 Å². The van der Waals surface area contributed by atoms with Crippen molar-refractivity contribution in [1.29, 1.82) is 5.26 Å². The predicted octanol–water partition coefficient (Wildman–Crippen LogP) is 2.79. The molecule has 0 spiro atoms. The van der Waals surface area contributed by atoms with Crippen LogP contribution in [0.25, 0.3) is 0 Å². The number of ether oxygens (including phenoxy) is 1. The van der Waals surface area contributed by atoms with Crippen LogP contribution in [-0.4, -0.2) is 55.6 Å². The van der Waals surface area contributed by atoms with Crippen LogP contribution in [0.3, 0.4) is 0 Å². The molecule has 1 aliphatic rings. The fraction of sp³-hybridized carbons (Fsp3) is 0.571. The maximum Gasteiger partial charge on any atom is 0.238 e. The highest BCUT2D eigenvalue weighted by Gasteiger charge is 2.25. The van der Waals surface area contributed by atoms with Crippen molar-refractivity contribution in [2.45, 2.75) is 39.2 Å². The molecule has 2 N–H and O–H groups in total. The summed E-state index contributed by atoms with van der Waals surface area (Å²) < 4.78 is 5.46. The quantitative estimate of drug-likeness (QED) is 0.599. The Hall–Kier alpha value is -2.14.